The van der Waals surface area contributed by atoms with Gasteiger partial charge in [0.2, 0.25) is 5.91 Å². The van der Waals surface area contributed by atoms with E-state index in [1.807, 2.05) is 0 Å². The molecule has 1 aromatic carbocycles. The summed E-state index contributed by atoms with van der Waals surface area (Å²) in [6.07, 6.45) is 0. The largest absolute Gasteiger partial charge is 0.338 e. The number of carbonyl (C=O) groups excluding carboxylic acids is 1. The molecule has 1 fully saturated rings. The summed E-state index contributed by atoms with van der Waals surface area (Å²) in [6.45, 7) is 1.62. The fraction of sp³-hybridized carbons (Fsp3) is 0.300. The van der Waals surface area contributed by atoms with E-state index in [1.54, 1.807) is 25.1 Å². The summed E-state index contributed by atoms with van der Waals surface area (Å²) >= 11 is 0. The summed E-state index contributed by atoms with van der Waals surface area (Å²) in [5.41, 5.74) is 0. The average Bonchev–Trinajstić information content (AvgIpc) is 2.26. The van der Waals surface area contributed by atoms with Crippen molar-refractivity contribution in [3.8, 4) is 0 Å². The zero-order valence-electron chi connectivity index (χ0n) is 8.17. The third-order valence-electron chi connectivity index (χ3n) is 2.56. The maximum Gasteiger partial charge on any atom is 0.227 e. The van der Waals surface area contributed by atoms with Crippen molar-refractivity contribution >= 4 is 15.7 Å². The molecule has 0 aliphatic carbocycles. The van der Waals surface area contributed by atoms with Gasteiger partial charge in [-0.2, -0.15) is 0 Å². The molecule has 0 spiro atoms. The number of nitrogens with one attached hydrogen (secondary N) is 1. The topological polar surface area (TPSA) is 63.2 Å². The van der Waals surface area contributed by atoms with Crippen LogP contribution in [0.3, 0.4) is 0 Å². The molecule has 80 valence electrons. The van der Waals surface area contributed by atoms with Crippen molar-refractivity contribution in [2.24, 2.45) is 5.92 Å². The van der Waals surface area contributed by atoms with Crippen molar-refractivity contribution < 1.29 is 13.2 Å². The minimum atomic E-state index is -3.42. The maximum absolute atomic E-state index is 12.0. The Morgan fingerprint density at radius 2 is 1.80 bits per heavy atom. The van der Waals surface area contributed by atoms with Gasteiger partial charge < -0.3 is 5.32 Å². The van der Waals surface area contributed by atoms with Crippen LogP contribution < -0.4 is 5.32 Å². The highest BCUT2D eigenvalue weighted by molar-refractivity contribution is 7.92. The van der Waals surface area contributed by atoms with Crippen molar-refractivity contribution in [2.45, 2.75) is 17.2 Å². The lowest BCUT2D eigenvalue weighted by atomic mass is 10.1. The molecule has 1 N–H and O–H groups in total. The third kappa shape index (κ3) is 1.52. The smallest absolute Gasteiger partial charge is 0.227 e. The summed E-state index contributed by atoms with van der Waals surface area (Å²) in [4.78, 5) is 11.2. The van der Waals surface area contributed by atoms with Gasteiger partial charge in [0.1, 0.15) is 5.37 Å². The lowest BCUT2D eigenvalue weighted by molar-refractivity contribution is -0.131. The van der Waals surface area contributed by atoms with Crippen molar-refractivity contribution in [1.82, 2.24) is 5.32 Å². The highest BCUT2D eigenvalue weighted by Gasteiger charge is 2.45. The number of benzene rings is 1. The Balaban J connectivity index is 2.34. The summed E-state index contributed by atoms with van der Waals surface area (Å²) < 4.78 is 23.9. The van der Waals surface area contributed by atoms with Gasteiger partial charge >= 0.3 is 0 Å². The molecule has 2 rings (SSSR count). The van der Waals surface area contributed by atoms with Crippen molar-refractivity contribution in [2.75, 3.05) is 0 Å². The molecule has 1 aliphatic heterocycles. The zero-order chi connectivity index (χ0) is 11.1. The predicted octanol–water partition coefficient (Wildman–Crippen LogP) is 0.552. The van der Waals surface area contributed by atoms with E-state index >= 15 is 0 Å². The minimum Gasteiger partial charge on any atom is -0.338 e. The van der Waals surface area contributed by atoms with Gasteiger partial charge in [0, 0.05) is 0 Å². The molecule has 1 heterocycles. The van der Waals surface area contributed by atoms with Gasteiger partial charge in [-0.15, -0.1) is 0 Å². The van der Waals surface area contributed by atoms with Crippen molar-refractivity contribution in [3.05, 3.63) is 30.3 Å². The van der Waals surface area contributed by atoms with Gasteiger partial charge in [-0.1, -0.05) is 25.1 Å². The third-order valence-corrected chi connectivity index (χ3v) is 4.68. The van der Waals surface area contributed by atoms with E-state index in [4.69, 9.17) is 0 Å². The SMILES string of the molecule is C[C@H]1C(=O)N[C@@H]1S(=O)(=O)c1ccccc1. The molecule has 0 radical (unpaired) electrons. The molecule has 0 aromatic heterocycles. The van der Waals surface area contributed by atoms with E-state index in [1.165, 1.54) is 12.1 Å². The van der Waals surface area contributed by atoms with Gasteiger partial charge in [-0.05, 0) is 12.1 Å². The second-order valence-electron chi connectivity index (χ2n) is 3.58. The van der Waals surface area contributed by atoms with Crippen LogP contribution in [0.25, 0.3) is 0 Å². The molecule has 5 heteroatoms. The van der Waals surface area contributed by atoms with Crippen molar-refractivity contribution in [3.63, 3.8) is 0 Å². The van der Waals surface area contributed by atoms with E-state index in [2.05, 4.69) is 5.32 Å². The Morgan fingerprint density at radius 1 is 1.20 bits per heavy atom. The van der Waals surface area contributed by atoms with Crippen LogP contribution in [0.2, 0.25) is 0 Å². The van der Waals surface area contributed by atoms with Crippen LogP contribution in [0, 0.1) is 5.92 Å². The summed E-state index contributed by atoms with van der Waals surface area (Å²) in [6, 6.07) is 8.15. The quantitative estimate of drug-likeness (QED) is 0.748. The molecule has 2 atom stereocenters. The van der Waals surface area contributed by atoms with E-state index in [-0.39, 0.29) is 10.8 Å². The van der Waals surface area contributed by atoms with E-state index in [0.29, 0.717) is 0 Å². The van der Waals surface area contributed by atoms with Crippen LogP contribution in [0.1, 0.15) is 6.92 Å². The monoisotopic (exact) mass is 225 g/mol. The number of rotatable bonds is 2. The molecule has 1 aromatic rings. The number of carbonyl (C=O) groups is 1. The lowest BCUT2D eigenvalue weighted by Gasteiger charge is -2.33. The molecule has 1 amide bonds. The summed E-state index contributed by atoms with van der Waals surface area (Å²) in [7, 11) is -3.42. The number of hydrogen-bond acceptors (Lipinski definition) is 3. The van der Waals surface area contributed by atoms with Crippen molar-refractivity contribution in [1.29, 1.82) is 0 Å². The van der Waals surface area contributed by atoms with Crippen LogP contribution >= 0.6 is 0 Å². The molecule has 1 aliphatic rings. The first kappa shape index (κ1) is 10.2. The van der Waals surface area contributed by atoms with Gasteiger partial charge in [-0.25, -0.2) is 8.42 Å². The Labute approximate surface area is 88.2 Å². The van der Waals surface area contributed by atoms with Crippen LogP contribution in [0.4, 0.5) is 0 Å². The average molecular weight is 225 g/mol. The van der Waals surface area contributed by atoms with Gasteiger partial charge in [0.05, 0.1) is 10.8 Å². The number of amides is 1. The van der Waals surface area contributed by atoms with E-state index in [0.717, 1.165) is 0 Å². The molecule has 0 unspecified atom stereocenters. The maximum atomic E-state index is 12.0. The van der Waals surface area contributed by atoms with Crippen LogP contribution in [0.5, 0.6) is 0 Å². The molecule has 1 saturated heterocycles. The number of hydrogen-bond donors (Lipinski definition) is 1. The second kappa shape index (κ2) is 3.34. The Bertz CT molecular complexity index is 481. The number of sulfone groups is 1. The normalized spacial score (nSPS) is 25.5. The standard InChI is InChI=1S/C10H11NO3S/c1-7-9(12)11-10(7)15(13,14)8-5-3-2-4-6-8/h2-7,10H,1H3,(H,11,12)/t7-,10+/m0/s1. The first-order chi connectivity index (χ1) is 7.03. The highest BCUT2D eigenvalue weighted by Crippen LogP contribution is 2.25. The molecular weight excluding hydrogens is 214 g/mol. The van der Waals surface area contributed by atoms with Gasteiger partial charge in [0.15, 0.2) is 9.84 Å². The van der Waals surface area contributed by atoms with Crippen LogP contribution in [-0.2, 0) is 14.6 Å². The first-order valence-corrected chi connectivity index (χ1v) is 6.17. The van der Waals surface area contributed by atoms with E-state index in [9.17, 15) is 13.2 Å². The summed E-state index contributed by atoms with van der Waals surface area (Å²) in [5.74, 6) is -0.672. The summed E-state index contributed by atoms with van der Waals surface area (Å²) in [5, 5.41) is 1.63. The predicted molar refractivity (Wildman–Crippen MR) is 54.7 cm³/mol. The Hall–Kier alpha value is -1.36. The minimum absolute atomic E-state index is 0.209. The van der Waals surface area contributed by atoms with Gasteiger partial charge in [0.25, 0.3) is 0 Å². The fourth-order valence-electron chi connectivity index (χ4n) is 1.54. The molecule has 0 saturated carbocycles. The lowest BCUT2D eigenvalue weighted by Crippen LogP contribution is -2.60. The Morgan fingerprint density at radius 3 is 2.27 bits per heavy atom. The molecule has 15 heavy (non-hydrogen) atoms. The molecule has 0 bridgehead atoms. The highest BCUT2D eigenvalue weighted by atomic mass is 32.2. The number of β-lactam (4-membered cyclic amide) rings is 1. The van der Waals surface area contributed by atoms with Crippen LogP contribution in [0.15, 0.2) is 35.2 Å². The molecular formula is C10H11NO3S. The van der Waals surface area contributed by atoms with E-state index < -0.39 is 21.1 Å². The first-order valence-electron chi connectivity index (χ1n) is 4.63. The second-order valence-corrected chi connectivity index (χ2v) is 5.65. The Kier molecular flexibility index (Phi) is 2.26. The zero-order valence-corrected chi connectivity index (χ0v) is 8.99. The molecule has 4 nitrogen and oxygen atoms in total. The van der Waals surface area contributed by atoms with Crippen LogP contribution in [-0.4, -0.2) is 19.7 Å². The fourth-order valence-corrected chi connectivity index (χ4v) is 3.30. The van der Waals surface area contributed by atoms with Gasteiger partial charge in [-0.3, -0.25) is 4.79 Å².